The molecule has 6 heteroatoms. The summed E-state index contributed by atoms with van der Waals surface area (Å²) in [6.45, 7) is 4.06. The van der Waals surface area contributed by atoms with Crippen LogP contribution in [-0.4, -0.2) is 46.8 Å². The molecule has 146 valence electrons. The highest BCUT2D eigenvalue weighted by Crippen LogP contribution is 2.22. The summed E-state index contributed by atoms with van der Waals surface area (Å²) in [5.41, 5.74) is 2.00. The van der Waals surface area contributed by atoms with Gasteiger partial charge < -0.3 is 14.6 Å². The summed E-state index contributed by atoms with van der Waals surface area (Å²) in [5.74, 6) is 0.529. The Morgan fingerprint density at radius 3 is 2.64 bits per heavy atom. The third-order valence-electron chi connectivity index (χ3n) is 5.10. The molecule has 6 nitrogen and oxygen atoms in total. The van der Waals surface area contributed by atoms with Gasteiger partial charge in [0.2, 0.25) is 0 Å². The zero-order chi connectivity index (χ0) is 19.2. The van der Waals surface area contributed by atoms with Crippen LogP contribution in [0.25, 0.3) is 17.1 Å². The van der Waals surface area contributed by atoms with Crippen molar-refractivity contribution in [3.8, 4) is 17.1 Å². The molecule has 1 saturated heterocycles. The van der Waals surface area contributed by atoms with Crippen molar-refractivity contribution in [2.75, 3.05) is 26.2 Å². The largest absolute Gasteiger partial charge is 0.463 e. The summed E-state index contributed by atoms with van der Waals surface area (Å²) >= 11 is 0. The SMILES string of the molecule is O=C(NCCCN1CCCCC1)c1cc(-c2ccco2)nn1-c1ccccc1. The molecule has 3 heterocycles. The summed E-state index contributed by atoms with van der Waals surface area (Å²) in [4.78, 5) is 15.3. The number of likely N-dealkylation sites (tertiary alicyclic amines) is 1. The lowest BCUT2D eigenvalue weighted by Crippen LogP contribution is -2.33. The van der Waals surface area contributed by atoms with Crippen molar-refractivity contribution < 1.29 is 9.21 Å². The first kappa shape index (κ1) is 18.5. The number of carbonyl (C=O) groups excluding carboxylic acids is 1. The predicted molar refractivity (Wildman–Crippen MR) is 109 cm³/mol. The van der Waals surface area contributed by atoms with Gasteiger partial charge in [-0.15, -0.1) is 0 Å². The second kappa shape index (κ2) is 8.89. The molecular formula is C22H26N4O2. The number of carbonyl (C=O) groups is 1. The van der Waals surface area contributed by atoms with Gasteiger partial charge in [-0.05, 0) is 63.2 Å². The van der Waals surface area contributed by atoms with Crippen LogP contribution in [-0.2, 0) is 0 Å². The van der Waals surface area contributed by atoms with Gasteiger partial charge in [-0.3, -0.25) is 4.79 Å². The van der Waals surface area contributed by atoms with Crippen LogP contribution in [0.5, 0.6) is 0 Å². The molecule has 4 rings (SSSR count). The van der Waals surface area contributed by atoms with Crippen molar-refractivity contribution >= 4 is 5.91 Å². The number of hydrogen-bond acceptors (Lipinski definition) is 4. The first-order valence-corrected chi connectivity index (χ1v) is 10.0. The molecule has 0 spiro atoms. The van der Waals surface area contributed by atoms with Gasteiger partial charge in [0.1, 0.15) is 11.4 Å². The molecule has 1 amide bonds. The topological polar surface area (TPSA) is 63.3 Å². The number of piperidine rings is 1. The van der Waals surface area contributed by atoms with Gasteiger partial charge in [0.25, 0.3) is 5.91 Å². The maximum Gasteiger partial charge on any atom is 0.270 e. The maximum absolute atomic E-state index is 12.9. The van der Waals surface area contributed by atoms with Crippen molar-refractivity contribution in [2.45, 2.75) is 25.7 Å². The summed E-state index contributed by atoms with van der Waals surface area (Å²) in [5, 5.41) is 7.65. The van der Waals surface area contributed by atoms with Crippen LogP contribution in [0.2, 0.25) is 0 Å². The highest BCUT2D eigenvalue weighted by Gasteiger charge is 2.18. The first-order chi connectivity index (χ1) is 13.8. The van der Waals surface area contributed by atoms with Gasteiger partial charge in [0.05, 0.1) is 12.0 Å². The van der Waals surface area contributed by atoms with Crippen molar-refractivity contribution in [3.63, 3.8) is 0 Å². The average Bonchev–Trinajstić information content (AvgIpc) is 3.42. The Morgan fingerprint density at radius 1 is 1.07 bits per heavy atom. The first-order valence-electron chi connectivity index (χ1n) is 10.0. The molecule has 1 aliphatic rings. The number of furan rings is 1. The zero-order valence-electron chi connectivity index (χ0n) is 16.0. The van der Waals surface area contributed by atoms with E-state index in [1.807, 2.05) is 42.5 Å². The third-order valence-corrected chi connectivity index (χ3v) is 5.10. The van der Waals surface area contributed by atoms with Crippen molar-refractivity contribution in [1.29, 1.82) is 0 Å². The minimum absolute atomic E-state index is 0.118. The monoisotopic (exact) mass is 378 g/mol. The van der Waals surface area contributed by atoms with Crippen molar-refractivity contribution in [2.24, 2.45) is 0 Å². The van der Waals surface area contributed by atoms with E-state index < -0.39 is 0 Å². The second-order valence-corrected chi connectivity index (χ2v) is 7.15. The number of hydrogen-bond donors (Lipinski definition) is 1. The molecule has 1 aliphatic heterocycles. The van der Waals surface area contributed by atoms with E-state index in [-0.39, 0.29) is 5.91 Å². The fraction of sp³-hybridized carbons (Fsp3) is 0.364. The van der Waals surface area contributed by atoms with Crippen LogP contribution < -0.4 is 5.32 Å². The van der Waals surface area contributed by atoms with E-state index in [9.17, 15) is 4.79 Å². The van der Waals surface area contributed by atoms with Crippen LogP contribution in [0.4, 0.5) is 0 Å². The molecule has 1 aromatic carbocycles. The number of para-hydroxylation sites is 1. The Bertz CT molecular complexity index is 881. The van der Waals surface area contributed by atoms with Gasteiger partial charge in [-0.25, -0.2) is 4.68 Å². The summed E-state index contributed by atoms with van der Waals surface area (Å²) in [7, 11) is 0. The van der Waals surface area contributed by atoms with E-state index in [4.69, 9.17) is 4.42 Å². The molecular weight excluding hydrogens is 352 g/mol. The van der Waals surface area contributed by atoms with Crippen LogP contribution in [0, 0.1) is 0 Å². The van der Waals surface area contributed by atoms with Crippen LogP contribution in [0.15, 0.2) is 59.2 Å². The highest BCUT2D eigenvalue weighted by molar-refractivity contribution is 5.94. The molecule has 1 fully saturated rings. The molecule has 0 unspecified atom stereocenters. The molecule has 0 saturated carbocycles. The molecule has 0 radical (unpaired) electrons. The van der Waals surface area contributed by atoms with Crippen LogP contribution in [0.1, 0.15) is 36.2 Å². The Hall–Kier alpha value is -2.86. The minimum Gasteiger partial charge on any atom is -0.463 e. The van der Waals surface area contributed by atoms with Gasteiger partial charge in [-0.2, -0.15) is 5.10 Å². The fourth-order valence-electron chi connectivity index (χ4n) is 3.63. The highest BCUT2D eigenvalue weighted by atomic mass is 16.3. The fourth-order valence-corrected chi connectivity index (χ4v) is 3.63. The van der Waals surface area contributed by atoms with Gasteiger partial charge in [0.15, 0.2) is 5.76 Å². The number of nitrogens with one attached hydrogen (secondary N) is 1. The smallest absolute Gasteiger partial charge is 0.270 e. The van der Waals surface area contributed by atoms with E-state index in [1.54, 1.807) is 17.0 Å². The molecule has 3 aromatic rings. The molecule has 2 aromatic heterocycles. The zero-order valence-corrected chi connectivity index (χ0v) is 16.0. The minimum atomic E-state index is -0.118. The van der Waals surface area contributed by atoms with E-state index in [2.05, 4.69) is 15.3 Å². The number of amides is 1. The normalized spacial score (nSPS) is 14.9. The maximum atomic E-state index is 12.9. The third kappa shape index (κ3) is 4.34. The lowest BCUT2D eigenvalue weighted by atomic mass is 10.1. The van der Waals surface area contributed by atoms with Crippen LogP contribution >= 0.6 is 0 Å². The van der Waals surface area contributed by atoms with Gasteiger partial charge in [-0.1, -0.05) is 24.6 Å². The van der Waals surface area contributed by atoms with Crippen molar-refractivity contribution in [3.05, 3.63) is 60.5 Å². The summed E-state index contributed by atoms with van der Waals surface area (Å²) in [6.07, 6.45) is 6.48. The van der Waals surface area contributed by atoms with E-state index in [0.29, 0.717) is 23.7 Å². The lowest BCUT2D eigenvalue weighted by molar-refractivity contribution is 0.0943. The predicted octanol–water partition coefficient (Wildman–Crippen LogP) is 3.74. The van der Waals surface area contributed by atoms with E-state index in [0.717, 1.165) is 18.7 Å². The van der Waals surface area contributed by atoms with Gasteiger partial charge in [0, 0.05) is 12.6 Å². The van der Waals surface area contributed by atoms with E-state index in [1.165, 1.54) is 32.4 Å². The Balaban J connectivity index is 1.45. The Labute approximate surface area is 165 Å². The molecule has 0 bridgehead atoms. The number of aromatic nitrogens is 2. The average molecular weight is 378 g/mol. The van der Waals surface area contributed by atoms with Crippen LogP contribution in [0.3, 0.4) is 0 Å². The van der Waals surface area contributed by atoms with Crippen molar-refractivity contribution in [1.82, 2.24) is 20.0 Å². The Morgan fingerprint density at radius 2 is 1.89 bits per heavy atom. The standard InChI is InChI=1S/C22H26N4O2/c27-22(23-12-8-15-25-13-5-2-6-14-25)20-17-19(21-11-7-16-28-21)24-26(20)18-9-3-1-4-10-18/h1,3-4,7,9-11,16-17H,2,5-6,8,12-15H2,(H,23,27). The molecule has 1 N–H and O–H groups in total. The number of nitrogens with zero attached hydrogens (tertiary/aromatic N) is 3. The number of benzene rings is 1. The summed E-state index contributed by atoms with van der Waals surface area (Å²) in [6, 6.07) is 15.1. The molecule has 0 aliphatic carbocycles. The van der Waals surface area contributed by atoms with Gasteiger partial charge >= 0.3 is 0 Å². The molecule has 28 heavy (non-hydrogen) atoms. The second-order valence-electron chi connectivity index (χ2n) is 7.15. The molecule has 0 atom stereocenters. The number of rotatable bonds is 7. The quantitative estimate of drug-likeness (QED) is 0.636. The summed E-state index contributed by atoms with van der Waals surface area (Å²) < 4.78 is 7.13. The lowest BCUT2D eigenvalue weighted by Gasteiger charge is -2.26. The Kier molecular flexibility index (Phi) is 5.87. The van der Waals surface area contributed by atoms with E-state index >= 15 is 0 Å².